The number of hydrogen-bond acceptors (Lipinski definition) is 2. The molecule has 2 rings (SSSR count). The van der Waals surface area contributed by atoms with Gasteiger partial charge in [-0.25, -0.2) is 0 Å². The molecule has 0 amide bonds. The maximum atomic E-state index is 6.46. The number of hydrogen-bond donors (Lipinski definition) is 1. The SMILES string of the molecule is CC1(C)CCC(N)(CCOc2ccccc2)CC1. The summed E-state index contributed by atoms with van der Waals surface area (Å²) in [7, 11) is 0. The minimum atomic E-state index is -0.00962. The minimum absolute atomic E-state index is 0.00962. The molecule has 0 heterocycles. The van der Waals surface area contributed by atoms with E-state index in [0.717, 1.165) is 31.6 Å². The summed E-state index contributed by atoms with van der Waals surface area (Å²) in [5.74, 6) is 0.942. The van der Waals surface area contributed by atoms with Crippen LogP contribution in [0.5, 0.6) is 5.75 Å². The molecule has 0 bridgehead atoms. The van der Waals surface area contributed by atoms with Crippen molar-refractivity contribution in [2.75, 3.05) is 6.61 Å². The highest BCUT2D eigenvalue weighted by molar-refractivity contribution is 5.20. The van der Waals surface area contributed by atoms with Gasteiger partial charge in [-0.05, 0) is 49.7 Å². The largest absolute Gasteiger partial charge is 0.494 e. The molecule has 0 aliphatic heterocycles. The summed E-state index contributed by atoms with van der Waals surface area (Å²) >= 11 is 0. The first-order valence-electron chi connectivity index (χ1n) is 6.96. The Morgan fingerprint density at radius 3 is 2.28 bits per heavy atom. The molecule has 2 N–H and O–H groups in total. The molecule has 2 nitrogen and oxygen atoms in total. The van der Waals surface area contributed by atoms with Crippen molar-refractivity contribution in [3.8, 4) is 5.75 Å². The van der Waals surface area contributed by atoms with E-state index in [4.69, 9.17) is 10.5 Å². The summed E-state index contributed by atoms with van der Waals surface area (Å²) in [5, 5.41) is 0. The molecule has 1 aliphatic carbocycles. The third kappa shape index (κ3) is 3.74. The third-order valence-electron chi connectivity index (χ3n) is 4.21. The van der Waals surface area contributed by atoms with Gasteiger partial charge in [0.2, 0.25) is 0 Å². The lowest BCUT2D eigenvalue weighted by Gasteiger charge is -2.41. The Balaban J connectivity index is 1.77. The van der Waals surface area contributed by atoms with Crippen LogP contribution in [0, 0.1) is 5.41 Å². The molecule has 0 radical (unpaired) electrons. The summed E-state index contributed by atoms with van der Waals surface area (Å²) in [5.41, 5.74) is 6.93. The number of ether oxygens (including phenoxy) is 1. The summed E-state index contributed by atoms with van der Waals surface area (Å²) in [4.78, 5) is 0. The van der Waals surface area contributed by atoms with E-state index in [1.165, 1.54) is 12.8 Å². The van der Waals surface area contributed by atoms with Gasteiger partial charge in [0.25, 0.3) is 0 Å². The van der Waals surface area contributed by atoms with Crippen LogP contribution >= 0.6 is 0 Å². The van der Waals surface area contributed by atoms with Crippen LogP contribution < -0.4 is 10.5 Å². The molecule has 1 fully saturated rings. The molecular weight excluding hydrogens is 222 g/mol. The van der Waals surface area contributed by atoms with Gasteiger partial charge in [0.15, 0.2) is 0 Å². The fraction of sp³-hybridized carbons (Fsp3) is 0.625. The average Bonchev–Trinajstić information content (AvgIpc) is 2.35. The van der Waals surface area contributed by atoms with Crippen molar-refractivity contribution in [3.63, 3.8) is 0 Å². The highest BCUT2D eigenvalue weighted by Crippen LogP contribution is 2.40. The Hall–Kier alpha value is -1.02. The Labute approximate surface area is 111 Å². The van der Waals surface area contributed by atoms with Gasteiger partial charge >= 0.3 is 0 Å². The molecule has 1 saturated carbocycles. The normalized spacial score (nSPS) is 21.5. The van der Waals surface area contributed by atoms with Crippen LogP contribution in [0.3, 0.4) is 0 Å². The van der Waals surface area contributed by atoms with Crippen molar-refractivity contribution >= 4 is 0 Å². The maximum absolute atomic E-state index is 6.46. The zero-order valence-electron chi connectivity index (χ0n) is 11.6. The lowest BCUT2D eigenvalue weighted by molar-refractivity contribution is 0.140. The van der Waals surface area contributed by atoms with Gasteiger partial charge in [-0.15, -0.1) is 0 Å². The lowest BCUT2D eigenvalue weighted by Crippen LogP contribution is -2.46. The second kappa shape index (κ2) is 5.31. The van der Waals surface area contributed by atoms with Crippen LogP contribution in [0.2, 0.25) is 0 Å². The number of para-hydroxylation sites is 1. The van der Waals surface area contributed by atoms with E-state index in [1.807, 2.05) is 30.3 Å². The van der Waals surface area contributed by atoms with Crippen molar-refractivity contribution in [3.05, 3.63) is 30.3 Å². The highest BCUT2D eigenvalue weighted by atomic mass is 16.5. The molecule has 1 aromatic rings. The molecule has 0 aromatic heterocycles. The van der Waals surface area contributed by atoms with E-state index in [9.17, 15) is 0 Å². The first kappa shape index (κ1) is 13.4. The van der Waals surface area contributed by atoms with Crippen LogP contribution in [0.15, 0.2) is 30.3 Å². The number of rotatable bonds is 4. The second-order valence-electron chi connectivity index (χ2n) is 6.44. The van der Waals surface area contributed by atoms with Crippen LogP contribution in [-0.4, -0.2) is 12.1 Å². The van der Waals surface area contributed by atoms with Gasteiger partial charge in [-0.2, -0.15) is 0 Å². The molecule has 0 spiro atoms. The van der Waals surface area contributed by atoms with Crippen molar-refractivity contribution in [1.29, 1.82) is 0 Å². The Bertz CT molecular complexity index is 362. The molecule has 0 unspecified atom stereocenters. The van der Waals surface area contributed by atoms with Crippen molar-refractivity contribution in [1.82, 2.24) is 0 Å². The Morgan fingerprint density at radius 1 is 1.06 bits per heavy atom. The first-order chi connectivity index (χ1) is 8.49. The first-order valence-corrected chi connectivity index (χ1v) is 6.96. The molecule has 0 atom stereocenters. The second-order valence-corrected chi connectivity index (χ2v) is 6.44. The summed E-state index contributed by atoms with van der Waals surface area (Å²) in [6, 6.07) is 9.98. The molecule has 2 heteroatoms. The van der Waals surface area contributed by atoms with E-state index in [1.54, 1.807) is 0 Å². The van der Waals surface area contributed by atoms with E-state index in [-0.39, 0.29) is 5.54 Å². The monoisotopic (exact) mass is 247 g/mol. The summed E-state index contributed by atoms with van der Waals surface area (Å²) < 4.78 is 5.75. The smallest absolute Gasteiger partial charge is 0.119 e. The molecule has 1 aromatic carbocycles. The van der Waals surface area contributed by atoms with Crippen LogP contribution in [-0.2, 0) is 0 Å². The highest BCUT2D eigenvalue weighted by Gasteiger charge is 2.34. The minimum Gasteiger partial charge on any atom is -0.494 e. The summed E-state index contributed by atoms with van der Waals surface area (Å²) in [6.45, 7) is 5.40. The Morgan fingerprint density at radius 2 is 1.67 bits per heavy atom. The number of nitrogens with two attached hydrogens (primary N) is 1. The van der Waals surface area contributed by atoms with Gasteiger partial charge < -0.3 is 10.5 Å². The van der Waals surface area contributed by atoms with Crippen molar-refractivity contribution in [2.45, 2.75) is 51.5 Å². The molecular formula is C16H25NO. The predicted molar refractivity (Wildman–Crippen MR) is 75.7 cm³/mol. The van der Waals surface area contributed by atoms with Crippen molar-refractivity contribution < 1.29 is 4.74 Å². The van der Waals surface area contributed by atoms with Gasteiger partial charge in [-0.1, -0.05) is 32.0 Å². The fourth-order valence-electron chi connectivity index (χ4n) is 2.56. The van der Waals surface area contributed by atoms with E-state index < -0.39 is 0 Å². The molecule has 1 aliphatic rings. The topological polar surface area (TPSA) is 35.2 Å². The van der Waals surface area contributed by atoms with Gasteiger partial charge in [0.1, 0.15) is 5.75 Å². The van der Waals surface area contributed by atoms with Gasteiger partial charge in [0, 0.05) is 5.54 Å². The van der Waals surface area contributed by atoms with Crippen molar-refractivity contribution in [2.24, 2.45) is 11.1 Å². The molecule has 0 saturated heterocycles. The predicted octanol–water partition coefficient (Wildman–Crippen LogP) is 3.75. The molecule has 100 valence electrons. The van der Waals surface area contributed by atoms with E-state index in [2.05, 4.69) is 13.8 Å². The average molecular weight is 247 g/mol. The zero-order valence-corrected chi connectivity index (χ0v) is 11.6. The standard InChI is InChI=1S/C16H25NO/c1-15(2)8-10-16(17,11-9-15)12-13-18-14-6-4-3-5-7-14/h3-7H,8-13,17H2,1-2H3. The van der Waals surface area contributed by atoms with Crippen LogP contribution in [0.1, 0.15) is 46.0 Å². The zero-order chi connectivity index (χ0) is 13.1. The van der Waals surface area contributed by atoms with E-state index >= 15 is 0 Å². The Kier molecular flexibility index (Phi) is 3.96. The third-order valence-corrected chi connectivity index (χ3v) is 4.21. The van der Waals surface area contributed by atoms with Crippen LogP contribution in [0.25, 0.3) is 0 Å². The number of benzene rings is 1. The maximum Gasteiger partial charge on any atom is 0.119 e. The lowest BCUT2D eigenvalue weighted by atomic mass is 9.69. The van der Waals surface area contributed by atoms with Gasteiger partial charge in [0.05, 0.1) is 6.61 Å². The van der Waals surface area contributed by atoms with Crippen LogP contribution in [0.4, 0.5) is 0 Å². The van der Waals surface area contributed by atoms with E-state index in [0.29, 0.717) is 5.41 Å². The quantitative estimate of drug-likeness (QED) is 0.879. The molecule has 18 heavy (non-hydrogen) atoms. The summed E-state index contributed by atoms with van der Waals surface area (Å²) in [6.07, 6.45) is 5.66. The van der Waals surface area contributed by atoms with Gasteiger partial charge in [-0.3, -0.25) is 0 Å². The fourth-order valence-corrected chi connectivity index (χ4v) is 2.56.